The van der Waals surface area contributed by atoms with E-state index in [2.05, 4.69) is 15.3 Å². The molecule has 10 heteroatoms. The Balaban J connectivity index is 1.58. The van der Waals surface area contributed by atoms with Crippen LogP contribution in [0.25, 0.3) is 0 Å². The number of carbonyl (C=O) groups is 1. The molecule has 126 valence electrons. The second-order valence-electron chi connectivity index (χ2n) is 5.37. The van der Waals surface area contributed by atoms with Gasteiger partial charge in [-0.1, -0.05) is 0 Å². The second kappa shape index (κ2) is 6.89. The third-order valence-corrected chi connectivity index (χ3v) is 4.60. The summed E-state index contributed by atoms with van der Waals surface area (Å²) < 4.78 is 0. The Morgan fingerprint density at radius 3 is 3.00 bits per heavy atom. The summed E-state index contributed by atoms with van der Waals surface area (Å²) in [5, 5.41) is 16.3. The maximum absolute atomic E-state index is 12.4. The Labute approximate surface area is 141 Å². The van der Waals surface area contributed by atoms with Gasteiger partial charge < -0.3 is 16.0 Å². The van der Waals surface area contributed by atoms with Crippen molar-refractivity contribution >= 4 is 28.7 Å². The highest BCUT2D eigenvalue weighted by molar-refractivity contribution is 7.09. The number of hydrogen-bond acceptors (Lipinski definition) is 8. The molecule has 1 saturated heterocycles. The van der Waals surface area contributed by atoms with Crippen molar-refractivity contribution in [2.75, 3.05) is 18.4 Å². The highest BCUT2D eigenvalue weighted by atomic mass is 32.1. The molecule has 1 unspecified atom stereocenters. The zero-order chi connectivity index (χ0) is 17.1. The SMILES string of the molecule is NCc1nc(C(=O)N2CCC(Nc3ccc([N+](=O)[O-])cn3)C2)cs1. The summed E-state index contributed by atoms with van der Waals surface area (Å²) in [7, 11) is 0. The Hall–Kier alpha value is -2.59. The van der Waals surface area contributed by atoms with E-state index < -0.39 is 4.92 Å². The van der Waals surface area contributed by atoms with Gasteiger partial charge in [0.15, 0.2) is 0 Å². The smallest absolute Gasteiger partial charge is 0.287 e. The fraction of sp³-hybridized carbons (Fsp3) is 0.357. The van der Waals surface area contributed by atoms with Gasteiger partial charge in [-0.2, -0.15) is 0 Å². The summed E-state index contributed by atoms with van der Waals surface area (Å²) in [5.74, 6) is 0.450. The first-order valence-corrected chi connectivity index (χ1v) is 8.25. The maximum Gasteiger partial charge on any atom is 0.287 e. The van der Waals surface area contributed by atoms with Crippen LogP contribution in [0.15, 0.2) is 23.7 Å². The van der Waals surface area contributed by atoms with Gasteiger partial charge in [-0.25, -0.2) is 9.97 Å². The zero-order valence-electron chi connectivity index (χ0n) is 12.7. The molecule has 3 rings (SSSR count). The number of anilines is 1. The number of thiazole rings is 1. The normalized spacial score (nSPS) is 17.0. The van der Waals surface area contributed by atoms with Gasteiger partial charge in [-0.15, -0.1) is 11.3 Å². The van der Waals surface area contributed by atoms with Crippen molar-refractivity contribution in [1.29, 1.82) is 0 Å². The van der Waals surface area contributed by atoms with E-state index in [-0.39, 0.29) is 17.6 Å². The van der Waals surface area contributed by atoms with E-state index in [1.165, 1.54) is 23.6 Å². The van der Waals surface area contributed by atoms with Gasteiger partial charge in [0.05, 0.1) is 4.92 Å². The van der Waals surface area contributed by atoms with E-state index in [4.69, 9.17) is 5.73 Å². The van der Waals surface area contributed by atoms with E-state index in [1.807, 2.05) is 0 Å². The lowest BCUT2D eigenvalue weighted by Crippen LogP contribution is -2.32. The largest absolute Gasteiger partial charge is 0.365 e. The highest BCUT2D eigenvalue weighted by Crippen LogP contribution is 2.19. The molecule has 9 nitrogen and oxygen atoms in total. The molecule has 1 fully saturated rings. The molecule has 24 heavy (non-hydrogen) atoms. The van der Waals surface area contributed by atoms with E-state index in [0.29, 0.717) is 31.1 Å². The minimum atomic E-state index is -0.490. The van der Waals surface area contributed by atoms with Crippen molar-refractivity contribution in [3.63, 3.8) is 0 Å². The first-order valence-electron chi connectivity index (χ1n) is 7.37. The van der Waals surface area contributed by atoms with Gasteiger partial charge in [0.2, 0.25) is 0 Å². The number of likely N-dealkylation sites (tertiary alicyclic amines) is 1. The van der Waals surface area contributed by atoms with Crippen molar-refractivity contribution in [3.05, 3.63) is 44.5 Å². The van der Waals surface area contributed by atoms with Crippen molar-refractivity contribution in [2.45, 2.75) is 19.0 Å². The maximum atomic E-state index is 12.4. The summed E-state index contributed by atoms with van der Waals surface area (Å²) in [5.41, 5.74) is 5.89. The summed E-state index contributed by atoms with van der Waals surface area (Å²) in [4.78, 5) is 32.5. The molecule has 1 aliphatic heterocycles. The van der Waals surface area contributed by atoms with Crippen molar-refractivity contribution in [1.82, 2.24) is 14.9 Å². The molecule has 0 spiro atoms. The lowest BCUT2D eigenvalue weighted by Gasteiger charge is -2.16. The predicted molar refractivity (Wildman–Crippen MR) is 88.8 cm³/mol. The Morgan fingerprint density at radius 1 is 1.54 bits per heavy atom. The van der Waals surface area contributed by atoms with Crippen LogP contribution >= 0.6 is 11.3 Å². The monoisotopic (exact) mass is 348 g/mol. The van der Waals surface area contributed by atoms with Crippen LogP contribution in [0.3, 0.4) is 0 Å². The molecular formula is C14H16N6O3S. The summed E-state index contributed by atoms with van der Waals surface area (Å²) in [6, 6.07) is 3.02. The number of carbonyl (C=O) groups excluding carboxylic acids is 1. The minimum absolute atomic E-state index is 0.0514. The number of pyridine rings is 1. The molecule has 0 radical (unpaired) electrons. The number of nitro groups is 1. The fourth-order valence-corrected chi connectivity index (χ4v) is 3.16. The average Bonchev–Trinajstić information content (AvgIpc) is 3.24. The first kappa shape index (κ1) is 16.3. The molecule has 0 aliphatic carbocycles. The number of nitrogens with one attached hydrogen (secondary N) is 1. The topological polar surface area (TPSA) is 127 Å². The molecule has 2 aromatic heterocycles. The number of rotatable bonds is 5. The van der Waals surface area contributed by atoms with Crippen LogP contribution in [0.5, 0.6) is 0 Å². The van der Waals surface area contributed by atoms with Gasteiger partial charge in [0.1, 0.15) is 22.7 Å². The fourth-order valence-electron chi connectivity index (χ4n) is 2.52. The molecule has 1 atom stereocenters. The standard InChI is InChI=1S/C14H16N6O3S/c15-5-13-18-11(8-24-13)14(21)19-4-3-9(7-19)17-12-2-1-10(6-16-12)20(22)23/h1-2,6,8-9H,3-5,7,15H2,(H,16,17). The van der Waals surface area contributed by atoms with Gasteiger partial charge in [0, 0.05) is 37.1 Å². The molecule has 0 saturated carbocycles. The highest BCUT2D eigenvalue weighted by Gasteiger charge is 2.28. The van der Waals surface area contributed by atoms with E-state index >= 15 is 0 Å². The van der Waals surface area contributed by atoms with Crippen LogP contribution in [0, 0.1) is 10.1 Å². The molecule has 3 heterocycles. The number of aromatic nitrogens is 2. The molecule has 0 bridgehead atoms. The summed E-state index contributed by atoms with van der Waals surface area (Å²) >= 11 is 1.38. The van der Waals surface area contributed by atoms with Crippen LogP contribution in [-0.4, -0.2) is 44.8 Å². The van der Waals surface area contributed by atoms with Gasteiger partial charge >= 0.3 is 0 Å². The Bertz CT molecular complexity index is 747. The van der Waals surface area contributed by atoms with Crippen LogP contribution in [-0.2, 0) is 6.54 Å². The van der Waals surface area contributed by atoms with E-state index in [9.17, 15) is 14.9 Å². The lowest BCUT2D eigenvalue weighted by atomic mass is 10.2. The summed E-state index contributed by atoms with van der Waals surface area (Å²) in [6.07, 6.45) is 1.99. The molecule has 1 amide bonds. The molecule has 1 aliphatic rings. The minimum Gasteiger partial charge on any atom is -0.365 e. The van der Waals surface area contributed by atoms with Gasteiger partial charge in [-0.05, 0) is 12.5 Å². The second-order valence-corrected chi connectivity index (χ2v) is 6.31. The third-order valence-electron chi connectivity index (χ3n) is 3.73. The van der Waals surface area contributed by atoms with Crippen molar-refractivity contribution < 1.29 is 9.72 Å². The molecule has 2 aromatic rings. The van der Waals surface area contributed by atoms with Crippen LogP contribution in [0.2, 0.25) is 0 Å². The van der Waals surface area contributed by atoms with Crippen LogP contribution in [0.4, 0.5) is 11.5 Å². The number of nitrogens with two attached hydrogens (primary N) is 1. The lowest BCUT2D eigenvalue weighted by molar-refractivity contribution is -0.385. The summed E-state index contributed by atoms with van der Waals surface area (Å²) in [6.45, 7) is 1.49. The van der Waals surface area contributed by atoms with E-state index in [0.717, 1.165) is 11.4 Å². The Morgan fingerprint density at radius 2 is 2.38 bits per heavy atom. The Kier molecular flexibility index (Phi) is 4.67. The number of hydrogen-bond donors (Lipinski definition) is 2. The third kappa shape index (κ3) is 3.49. The zero-order valence-corrected chi connectivity index (χ0v) is 13.5. The number of nitrogens with zero attached hydrogens (tertiary/aromatic N) is 4. The van der Waals surface area contributed by atoms with E-state index in [1.54, 1.807) is 16.3 Å². The number of amides is 1. The average molecular weight is 348 g/mol. The quantitative estimate of drug-likeness (QED) is 0.614. The van der Waals surface area contributed by atoms with Gasteiger partial charge in [-0.3, -0.25) is 14.9 Å². The first-order chi connectivity index (χ1) is 11.6. The van der Waals surface area contributed by atoms with Crippen molar-refractivity contribution in [2.24, 2.45) is 5.73 Å². The molecule has 3 N–H and O–H groups in total. The van der Waals surface area contributed by atoms with Crippen LogP contribution in [0.1, 0.15) is 21.9 Å². The molecular weight excluding hydrogens is 332 g/mol. The predicted octanol–water partition coefficient (Wildman–Crippen LogP) is 1.23. The van der Waals surface area contributed by atoms with Crippen molar-refractivity contribution in [3.8, 4) is 0 Å². The van der Waals surface area contributed by atoms with Crippen LogP contribution < -0.4 is 11.1 Å². The molecule has 0 aromatic carbocycles. The van der Waals surface area contributed by atoms with Gasteiger partial charge in [0.25, 0.3) is 11.6 Å².